The van der Waals surface area contributed by atoms with Crippen LogP contribution in [0.25, 0.3) is 22.0 Å². The van der Waals surface area contributed by atoms with Crippen molar-refractivity contribution < 1.29 is 0 Å². The molecule has 3 heteroatoms. The second kappa shape index (κ2) is 4.53. The van der Waals surface area contributed by atoms with Crippen LogP contribution in [0, 0.1) is 5.41 Å². The second-order valence-corrected chi connectivity index (χ2v) is 4.36. The van der Waals surface area contributed by atoms with Gasteiger partial charge < -0.3 is 11.1 Å². The fraction of sp³-hybridized carbons (Fsp3) is 0. The summed E-state index contributed by atoms with van der Waals surface area (Å²) < 4.78 is 0. The van der Waals surface area contributed by atoms with Crippen LogP contribution in [0.4, 0.5) is 5.69 Å². The molecule has 3 rings (SSSR count). The van der Waals surface area contributed by atoms with E-state index in [0.717, 1.165) is 27.6 Å². The van der Waals surface area contributed by atoms with Crippen molar-refractivity contribution in [2.45, 2.75) is 0 Å². The zero-order valence-electron chi connectivity index (χ0n) is 10.3. The van der Waals surface area contributed by atoms with Gasteiger partial charge in [-0.3, -0.25) is 4.98 Å². The molecular weight excluding hydrogens is 234 g/mol. The Labute approximate surface area is 111 Å². The minimum Gasteiger partial charge on any atom is -0.398 e. The van der Waals surface area contributed by atoms with E-state index in [1.165, 1.54) is 6.21 Å². The van der Waals surface area contributed by atoms with Crippen LogP contribution in [-0.2, 0) is 0 Å². The first kappa shape index (κ1) is 11.4. The van der Waals surface area contributed by atoms with Crippen molar-refractivity contribution in [3.05, 3.63) is 60.3 Å². The van der Waals surface area contributed by atoms with Crippen LogP contribution in [0.3, 0.4) is 0 Å². The van der Waals surface area contributed by atoms with Crippen LogP contribution in [-0.4, -0.2) is 11.2 Å². The molecule has 0 spiro atoms. The van der Waals surface area contributed by atoms with Crippen LogP contribution >= 0.6 is 0 Å². The van der Waals surface area contributed by atoms with Gasteiger partial charge >= 0.3 is 0 Å². The summed E-state index contributed by atoms with van der Waals surface area (Å²) in [7, 11) is 0. The topological polar surface area (TPSA) is 62.8 Å². The lowest BCUT2D eigenvalue weighted by molar-refractivity contribution is 1.41. The minimum atomic E-state index is 0.622. The zero-order chi connectivity index (χ0) is 13.2. The molecule has 3 nitrogen and oxygen atoms in total. The lowest BCUT2D eigenvalue weighted by Crippen LogP contribution is -1.93. The van der Waals surface area contributed by atoms with Crippen LogP contribution in [0.2, 0.25) is 0 Å². The number of hydrogen-bond acceptors (Lipinski definition) is 3. The standard InChI is InChI=1S/C16H13N3/c17-10-12-9-11(6-7-15(12)18)13-3-1-5-16-14(13)4-2-8-19-16/h1-10,17H,18H2. The van der Waals surface area contributed by atoms with E-state index in [1.807, 2.05) is 36.4 Å². The quantitative estimate of drug-likeness (QED) is 0.538. The van der Waals surface area contributed by atoms with Crippen molar-refractivity contribution >= 4 is 22.8 Å². The van der Waals surface area contributed by atoms with Gasteiger partial charge in [0.2, 0.25) is 0 Å². The number of rotatable bonds is 2. The number of pyridine rings is 1. The Bertz CT molecular complexity index is 758. The number of nitrogens with one attached hydrogen (secondary N) is 1. The molecule has 2 aromatic carbocycles. The Kier molecular flexibility index (Phi) is 2.72. The molecule has 3 aromatic rings. The number of nitrogens with two attached hydrogens (primary N) is 1. The number of benzene rings is 2. The molecule has 1 aromatic heterocycles. The molecule has 19 heavy (non-hydrogen) atoms. The van der Waals surface area contributed by atoms with E-state index >= 15 is 0 Å². The molecule has 0 aliphatic heterocycles. The van der Waals surface area contributed by atoms with Gasteiger partial charge in [-0.05, 0) is 35.4 Å². The Morgan fingerprint density at radius 1 is 1.05 bits per heavy atom. The fourth-order valence-corrected chi connectivity index (χ4v) is 2.22. The second-order valence-electron chi connectivity index (χ2n) is 4.36. The molecule has 1 heterocycles. The van der Waals surface area contributed by atoms with Gasteiger partial charge in [0.25, 0.3) is 0 Å². The summed E-state index contributed by atoms with van der Waals surface area (Å²) in [5.41, 5.74) is 10.3. The highest BCUT2D eigenvalue weighted by Crippen LogP contribution is 2.29. The van der Waals surface area contributed by atoms with Gasteiger partial charge in [-0.1, -0.05) is 24.3 Å². The lowest BCUT2D eigenvalue weighted by Gasteiger charge is -2.08. The molecule has 0 fully saturated rings. The molecule has 0 saturated heterocycles. The van der Waals surface area contributed by atoms with E-state index in [2.05, 4.69) is 17.1 Å². The van der Waals surface area contributed by atoms with Crippen molar-refractivity contribution in [1.82, 2.24) is 4.98 Å². The van der Waals surface area contributed by atoms with Crippen LogP contribution < -0.4 is 5.73 Å². The normalized spacial score (nSPS) is 10.5. The summed E-state index contributed by atoms with van der Waals surface area (Å²) in [6.45, 7) is 0. The van der Waals surface area contributed by atoms with Crippen LogP contribution in [0.15, 0.2) is 54.7 Å². The largest absolute Gasteiger partial charge is 0.398 e. The van der Waals surface area contributed by atoms with Crippen molar-refractivity contribution in [1.29, 1.82) is 5.41 Å². The average molecular weight is 247 g/mol. The first-order valence-electron chi connectivity index (χ1n) is 6.04. The van der Waals surface area contributed by atoms with E-state index in [1.54, 1.807) is 6.20 Å². The summed E-state index contributed by atoms with van der Waals surface area (Å²) in [6, 6.07) is 15.8. The Morgan fingerprint density at radius 2 is 1.95 bits per heavy atom. The number of hydrogen-bond donors (Lipinski definition) is 2. The average Bonchev–Trinajstić information content (AvgIpc) is 2.47. The number of anilines is 1. The minimum absolute atomic E-state index is 0.622. The van der Waals surface area contributed by atoms with Crippen LogP contribution in [0.1, 0.15) is 5.56 Å². The molecule has 0 unspecified atom stereocenters. The number of nitrogens with zero attached hydrogens (tertiary/aromatic N) is 1. The van der Waals surface area contributed by atoms with Crippen LogP contribution in [0.5, 0.6) is 0 Å². The Hall–Kier alpha value is -2.68. The van der Waals surface area contributed by atoms with Gasteiger partial charge in [-0.15, -0.1) is 0 Å². The molecule has 0 radical (unpaired) electrons. The highest BCUT2D eigenvalue weighted by atomic mass is 14.6. The molecule has 0 saturated carbocycles. The van der Waals surface area contributed by atoms with Gasteiger partial charge in [0, 0.05) is 29.0 Å². The molecule has 3 N–H and O–H groups in total. The van der Waals surface area contributed by atoms with Gasteiger partial charge in [0.15, 0.2) is 0 Å². The highest BCUT2D eigenvalue weighted by molar-refractivity contribution is 5.96. The maximum atomic E-state index is 7.39. The molecule has 0 atom stereocenters. The fourth-order valence-electron chi connectivity index (χ4n) is 2.22. The summed E-state index contributed by atoms with van der Waals surface area (Å²) in [5.74, 6) is 0. The van der Waals surface area contributed by atoms with E-state index in [0.29, 0.717) is 5.69 Å². The smallest absolute Gasteiger partial charge is 0.0708 e. The summed E-state index contributed by atoms with van der Waals surface area (Å²) >= 11 is 0. The van der Waals surface area contributed by atoms with Gasteiger partial charge in [0.05, 0.1) is 5.52 Å². The van der Waals surface area contributed by atoms with Crippen molar-refractivity contribution in [3.63, 3.8) is 0 Å². The molecule has 0 aliphatic rings. The van der Waals surface area contributed by atoms with E-state index in [4.69, 9.17) is 11.1 Å². The molecule has 0 amide bonds. The SMILES string of the molecule is N=Cc1cc(-c2cccc3ncccc23)ccc1N. The summed E-state index contributed by atoms with van der Waals surface area (Å²) in [6.07, 6.45) is 3.07. The summed E-state index contributed by atoms with van der Waals surface area (Å²) in [5, 5.41) is 8.49. The van der Waals surface area contributed by atoms with Crippen molar-refractivity contribution in [3.8, 4) is 11.1 Å². The maximum absolute atomic E-state index is 7.39. The highest BCUT2D eigenvalue weighted by Gasteiger charge is 2.05. The molecule has 0 aliphatic carbocycles. The molecule has 92 valence electrons. The third-order valence-electron chi connectivity index (χ3n) is 3.20. The molecule has 0 bridgehead atoms. The van der Waals surface area contributed by atoms with Crippen molar-refractivity contribution in [2.75, 3.05) is 5.73 Å². The van der Waals surface area contributed by atoms with E-state index in [-0.39, 0.29) is 0 Å². The van der Waals surface area contributed by atoms with Gasteiger partial charge in [0.1, 0.15) is 0 Å². The monoisotopic (exact) mass is 247 g/mol. The number of aromatic nitrogens is 1. The third-order valence-corrected chi connectivity index (χ3v) is 3.20. The maximum Gasteiger partial charge on any atom is 0.0708 e. The first-order chi connectivity index (χ1) is 9.29. The predicted molar refractivity (Wildman–Crippen MR) is 79.5 cm³/mol. The number of nitrogen functional groups attached to an aromatic ring is 1. The predicted octanol–water partition coefficient (Wildman–Crippen LogP) is 3.48. The Morgan fingerprint density at radius 3 is 2.79 bits per heavy atom. The zero-order valence-corrected chi connectivity index (χ0v) is 10.3. The van der Waals surface area contributed by atoms with E-state index < -0.39 is 0 Å². The first-order valence-corrected chi connectivity index (χ1v) is 6.04. The number of fused-ring (bicyclic) bond motifs is 1. The van der Waals surface area contributed by atoms with Gasteiger partial charge in [-0.2, -0.15) is 0 Å². The third kappa shape index (κ3) is 1.95. The Balaban J connectivity index is 2.27. The van der Waals surface area contributed by atoms with E-state index in [9.17, 15) is 0 Å². The molecular formula is C16H13N3. The lowest BCUT2D eigenvalue weighted by atomic mass is 9.98. The summed E-state index contributed by atoms with van der Waals surface area (Å²) in [4.78, 5) is 4.36. The van der Waals surface area contributed by atoms with Crippen molar-refractivity contribution in [2.24, 2.45) is 0 Å². The van der Waals surface area contributed by atoms with Gasteiger partial charge in [-0.25, -0.2) is 0 Å².